The molecule has 0 unspecified atom stereocenters. The number of amides is 1. The van der Waals surface area contributed by atoms with E-state index >= 15 is 0 Å². The van der Waals surface area contributed by atoms with Crippen molar-refractivity contribution in [2.75, 3.05) is 56.3 Å². The number of nitrogens with one attached hydrogen (secondary N) is 1. The highest BCUT2D eigenvalue weighted by Gasteiger charge is 2.15. The summed E-state index contributed by atoms with van der Waals surface area (Å²) in [6.45, 7) is 9.87. The molecule has 1 aliphatic heterocycles. The Labute approximate surface area is 286 Å². The summed E-state index contributed by atoms with van der Waals surface area (Å²) < 4.78 is 32.1. The maximum absolute atomic E-state index is 13.0. The van der Waals surface area contributed by atoms with E-state index in [1.807, 2.05) is 34.9 Å². The molecule has 10 heteroatoms. The number of anilines is 2. The minimum Gasteiger partial charge on any atom is -0.491 e. The number of imidazole rings is 1. The molecule has 0 bridgehead atoms. The number of rotatable bonds is 17. The molecule has 254 valence electrons. The molecule has 0 radical (unpaired) electrons. The van der Waals surface area contributed by atoms with E-state index in [9.17, 15) is 9.00 Å². The third-order valence-electron chi connectivity index (χ3n) is 8.05. The Morgan fingerprint density at radius 2 is 1.73 bits per heavy atom. The van der Waals surface area contributed by atoms with E-state index in [2.05, 4.69) is 47.2 Å². The van der Waals surface area contributed by atoms with Crippen LogP contribution in [0, 0.1) is 0 Å². The van der Waals surface area contributed by atoms with Crippen LogP contribution in [0.25, 0.3) is 17.2 Å². The molecule has 3 aromatic carbocycles. The van der Waals surface area contributed by atoms with Gasteiger partial charge in [-0.1, -0.05) is 38.5 Å². The Kier molecular flexibility index (Phi) is 13.4. The molecule has 1 aromatic heterocycles. The normalized spacial score (nSPS) is 13.9. The predicted molar refractivity (Wildman–Crippen MR) is 193 cm³/mol. The van der Waals surface area contributed by atoms with Crippen molar-refractivity contribution in [3.05, 3.63) is 96.6 Å². The van der Waals surface area contributed by atoms with Crippen molar-refractivity contribution in [3.8, 4) is 16.9 Å². The number of ether oxygens (including phenoxy) is 3. The molecule has 1 N–H and O–H groups in total. The second-order valence-corrected chi connectivity index (χ2v) is 13.1. The molecule has 1 saturated heterocycles. The Morgan fingerprint density at radius 3 is 2.48 bits per heavy atom. The van der Waals surface area contributed by atoms with Gasteiger partial charge < -0.3 is 29.0 Å². The minimum atomic E-state index is -1.22. The number of hydrogen-bond donors (Lipinski definition) is 1. The lowest BCUT2D eigenvalue weighted by Gasteiger charge is -2.30. The van der Waals surface area contributed by atoms with Gasteiger partial charge in [0.05, 0.1) is 48.4 Å². The fourth-order valence-electron chi connectivity index (χ4n) is 5.44. The summed E-state index contributed by atoms with van der Waals surface area (Å²) in [6, 6.07) is 21.6. The summed E-state index contributed by atoms with van der Waals surface area (Å²) in [5.74, 6) is 0.954. The monoisotopic (exact) mass is 670 g/mol. The first-order valence-electron chi connectivity index (χ1n) is 16.8. The summed E-state index contributed by atoms with van der Waals surface area (Å²) in [4.78, 5) is 20.2. The number of nitrogens with zero attached hydrogens (tertiary/aromatic N) is 3. The molecule has 5 rings (SSSR count). The topological polar surface area (TPSA) is 94.9 Å². The van der Waals surface area contributed by atoms with Crippen LogP contribution in [0.15, 0.2) is 90.2 Å². The first-order chi connectivity index (χ1) is 23.5. The molecule has 4 aromatic rings. The zero-order chi connectivity index (χ0) is 33.6. The zero-order valence-electron chi connectivity index (χ0n) is 27.9. The first-order valence-corrected chi connectivity index (χ1v) is 18.1. The third-order valence-corrected chi connectivity index (χ3v) is 9.40. The van der Waals surface area contributed by atoms with Gasteiger partial charge in [-0.05, 0) is 84.1 Å². The lowest BCUT2D eigenvalue weighted by Crippen LogP contribution is -2.36. The quantitative estimate of drug-likeness (QED) is 0.0960. The summed E-state index contributed by atoms with van der Waals surface area (Å²) in [5.41, 5.74) is 5.69. The van der Waals surface area contributed by atoms with Crippen molar-refractivity contribution in [1.29, 1.82) is 0 Å². The van der Waals surface area contributed by atoms with Crippen LogP contribution < -0.4 is 15.0 Å². The van der Waals surface area contributed by atoms with Crippen molar-refractivity contribution in [3.63, 3.8) is 0 Å². The molecule has 0 saturated carbocycles. The lowest BCUT2D eigenvalue weighted by atomic mass is 10.0. The van der Waals surface area contributed by atoms with Crippen LogP contribution in [0.1, 0.15) is 44.4 Å². The summed E-state index contributed by atoms with van der Waals surface area (Å²) in [6.07, 6.45) is 10.1. The van der Waals surface area contributed by atoms with Gasteiger partial charge in [-0.2, -0.15) is 0 Å². The molecule has 1 atom stereocenters. The Bertz CT molecular complexity index is 1650. The van der Waals surface area contributed by atoms with Crippen LogP contribution in [-0.2, 0) is 37.4 Å². The highest BCUT2D eigenvalue weighted by Crippen LogP contribution is 2.30. The number of unbranched alkanes of at least 4 members (excludes halogenated alkanes) is 1. The smallest absolute Gasteiger partial charge is 0.248 e. The minimum absolute atomic E-state index is 0.245. The molecule has 1 fully saturated rings. The van der Waals surface area contributed by atoms with Gasteiger partial charge in [0.2, 0.25) is 5.91 Å². The second kappa shape index (κ2) is 18.3. The zero-order valence-corrected chi connectivity index (χ0v) is 28.8. The van der Waals surface area contributed by atoms with Crippen LogP contribution >= 0.6 is 0 Å². The van der Waals surface area contributed by atoms with Crippen molar-refractivity contribution in [1.82, 2.24) is 9.55 Å². The molecule has 0 aliphatic carbocycles. The van der Waals surface area contributed by atoms with Gasteiger partial charge in [0.15, 0.2) is 0 Å². The first kappa shape index (κ1) is 35.1. The number of carbonyl (C=O) groups is 1. The van der Waals surface area contributed by atoms with Crippen LogP contribution in [0.3, 0.4) is 0 Å². The number of morpholine rings is 1. The molecule has 2 heterocycles. The van der Waals surface area contributed by atoms with Crippen molar-refractivity contribution in [2.24, 2.45) is 0 Å². The molecule has 1 aliphatic rings. The standard InChI is InChI=1S/C38H46N4O5S/c1-3-5-21-45-24-25-47-35-12-6-30(7-13-35)31-8-16-37(41-19-22-46-23-20-41)32(26-31)9-17-38(43)40-33-10-14-36(15-11-33)48(44)28-34-27-39-29-42(34)18-4-2/h6-17,26-27,29H,3-5,18-25,28H2,1-2H3,(H,40,43)/b17-9+/t48-/m0/s1. The van der Waals surface area contributed by atoms with Gasteiger partial charge in [-0.25, -0.2) is 4.98 Å². The Hall–Kier alpha value is -4.25. The number of hydrogen-bond acceptors (Lipinski definition) is 7. The second-order valence-electron chi connectivity index (χ2n) is 11.6. The molecule has 0 spiro atoms. The van der Waals surface area contributed by atoms with E-state index < -0.39 is 10.8 Å². The van der Waals surface area contributed by atoms with E-state index in [1.165, 1.54) is 0 Å². The van der Waals surface area contributed by atoms with E-state index in [0.29, 0.717) is 42.8 Å². The van der Waals surface area contributed by atoms with Gasteiger partial charge in [-0.15, -0.1) is 0 Å². The van der Waals surface area contributed by atoms with Gasteiger partial charge in [0.1, 0.15) is 12.4 Å². The van der Waals surface area contributed by atoms with Gasteiger partial charge >= 0.3 is 0 Å². The largest absolute Gasteiger partial charge is 0.491 e. The van der Waals surface area contributed by atoms with Gasteiger partial charge in [-0.3, -0.25) is 9.00 Å². The fraction of sp³-hybridized carbons (Fsp3) is 0.368. The average molecular weight is 671 g/mol. The van der Waals surface area contributed by atoms with Crippen molar-refractivity contribution < 1.29 is 23.2 Å². The number of carbonyl (C=O) groups excluding carboxylic acids is 1. The highest BCUT2D eigenvalue weighted by atomic mass is 32.2. The molecular formula is C38H46N4O5S. The Balaban J connectivity index is 1.23. The average Bonchev–Trinajstić information content (AvgIpc) is 3.56. The summed E-state index contributed by atoms with van der Waals surface area (Å²) in [7, 11) is -1.22. The SMILES string of the molecule is CCCCOCCOc1ccc(-c2ccc(N3CCOCC3)c(/C=C/C(=O)Nc3ccc([S@@](=O)Cc4cncn4CCC)cc3)c2)cc1. The number of aromatic nitrogens is 2. The van der Waals surface area contributed by atoms with E-state index in [0.717, 1.165) is 79.3 Å². The van der Waals surface area contributed by atoms with Gasteiger partial charge in [0.25, 0.3) is 0 Å². The maximum atomic E-state index is 13.0. The van der Waals surface area contributed by atoms with Crippen molar-refractivity contribution in [2.45, 2.75) is 50.3 Å². The third kappa shape index (κ3) is 10.1. The summed E-state index contributed by atoms with van der Waals surface area (Å²) in [5, 5.41) is 2.94. The van der Waals surface area contributed by atoms with Crippen LogP contribution in [0.5, 0.6) is 5.75 Å². The van der Waals surface area contributed by atoms with Crippen LogP contribution in [-0.4, -0.2) is 65.8 Å². The highest BCUT2D eigenvalue weighted by molar-refractivity contribution is 7.84. The maximum Gasteiger partial charge on any atom is 0.248 e. The molecule has 9 nitrogen and oxygen atoms in total. The molecular weight excluding hydrogens is 625 g/mol. The van der Waals surface area contributed by atoms with Gasteiger partial charge in [0, 0.05) is 54.8 Å². The lowest BCUT2D eigenvalue weighted by molar-refractivity contribution is -0.111. The van der Waals surface area contributed by atoms with E-state index in [1.54, 1.807) is 42.9 Å². The fourth-order valence-corrected chi connectivity index (χ4v) is 6.55. The van der Waals surface area contributed by atoms with Crippen molar-refractivity contribution >= 4 is 34.2 Å². The van der Waals surface area contributed by atoms with E-state index in [4.69, 9.17) is 14.2 Å². The van der Waals surface area contributed by atoms with Crippen LogP contribution in [0.2, 0.25) is 0 Å². The molecule has 48 heavy (non-hydrogen) atoms. The predicted octanol–water partition coefficient (Wildman–Crippen LogP) is 6.95. The Morgan fingerprint density at radius 1 is 0.958 bits per heavy atom. The summed E-state index contributed by atoms with van der Waals surface area (Å²) >= 11 is 0. The number of benzene rings is 3. The van der Waals surface area contributed by atoms with Crippen LogP contribution in [0.4, 0.5) is 11.4 Å². The molecule has 1 amide bonds. The van der Waals surface area contributed by atoms with E-state index in [-0.39, 0.29) is 5.91 Å². The number of aryl methyl sites for hydroxylation is 1.